The largest absolute Gasteiger partial charge is 0.486 e. The van der Waals surface area contributed by atoms with Gasteiger partial charge in [0.15, 0.2) is 11.6 Å². The lowest BCUT2D eigenvalue weighted by molar-refractivity contribution is 0.342. The first-order valence-electron chi connectivity index (χ1n) is 6.53. The molecular formula is C15H22FNO. The van der Waals surface area contributed by atoms with Crippen LogP contribution in [-0.2, 0) is 0 Å². The Morgan fingerprint density at radius 3 is 2.83 bits per heavy atom. The molecular weight excluding hydrogens is 229 g/mol. The summed E-state index contributed by atoms with van der Waals surface area (Å²) in [6.07, 6.45) is 8.79. The second-order valence-corrected chi connectivity index (χ2v) is 4.15. The monoisotopic (exact) mass is 251 g/mol. The van der Waals surface area contributed by atoms with Crippen molar-refractivity contribution in [3.63, 3.8) is 0 Å². The molecule has 0 saturated carbocycles. The van der Waals surface area contributed by atoms with Gasteiger partial charge in [-0.1, -0.05) is 38.0 Å². The van der Waals surface area contributed by atoms with E-state index in [1.165, 1.54) is 19.3 Å². The number of benzene rings is 1. The molecule has 0 amide bonds. The van der Waals surface area contributed by atoms with Crippen molar-refractivity contribution < 1.29 is 9.13 Å². The van der Waals surface area contributed by atoms with Crippen molar-refractivity contribution in [2.24, 2.45) is 0 Å². The van der Waals surface area contributed by atoms with Crippen LogP contribution in [0.5, 0.6) is 5.75 Å². The average molecular weight is 251 g/mol. The van der Waals surface area contributed by atoms with Crippen molar-refractivity contribution in [2.75, 3.05) is 19.0 Å². The molecule has 1 N–H and O–H groups in total. The summed E-state index contributed by atoms with van der Waals surface area (Å²) in [6.45, 7) is 2.60. The molecule has 0 spiro atoms. The highest BCUT2D eigenvalue weighted by molar-refractivity contribution is 5.49. The van der Waals surface area contributed by atoms with E-state index in [1.54, 1.807) is 25.2 Å². The van der Waals surface area contributed by atoms with Crippen LogP contribution in [0.4, 0.5) is 10.1 Å². The summed E-state index contributed by atoms with van der Waals surface area (Å²) in [5.74, 6) is -0.0422. The normalized spacial score (nSPS) is 10.8. The molecule has 1 rings (SSSR count). The molecule has 1 aromatic rings. The maximum Gasteiger partial charge on any atom is 0.188 e. The van der Waals surface area contributed by atoms with Crippen LogP contribution in [0.3, 0.4) is 0 Å². The second kappa shape index (κ2) is 8.56. The third-order valence-electron chi connectivity index (χ3n) is 2.71. The van der Waals surface area contributed by atoms with Gasteiger partial charge in [0.05, 0.1) is 5.69 Å². The molecule has 0 aliphatic carbocycles. The average Bonchev–Trinajstić information content (AvgIpc) is 2.39. The number of anilines is 1. The Bertz CT molecular complexity index is 377. The fraction of sp³-hybridized carbons (Fsp3) is 0.467. The zero-order valence-electron chi connectivity index (χ0n) is 11.2. The molecule has 3 heteroatoms. The Labute approximate surface area is 109 Å². The van der Waals surface area contributed by atoms with E-state index >= 15 is 0 Å². The van der Waals surface area contributed by atoms with Gasteiger partial charge in [0, 0.05) is 7.05 Å². The molecule has 100 valence electrons. The number of nitrogens with one attached hydrogen (secondary N) is 1. The number of hydrogen-bond acceptors (Lipinski definition) is 2. The zero-order chi connectivity index (χ0) is 13.2. The minimum Gasteiger partial charge on any atom is -0.486 e. The van der Waals surface area contributed by atoms with Gasteiger partial charge in [-0.05, 0) is 25.0 Å². The SMILES string of the molecule is CCCCC/C=C/COc1cccc(NC)c1F. The molecule has 0 aliphatic rings. The number of halogens is 1. The van der Waals surface area contributed by atoms with Crippen molar-refractivity contribution in [1.29, 1.82) is 0 Å². The standard InChI is InChI=1S/C15H22FNO/c1-3-4-5-6-7-8-12-18-14-11-9-10-13(17-2)15(14)16/h7-11,17H,3-6,12H2,1-2H3/b8-7+. The Morgan fingerprint density at radius 1 is 1.28 bits per heavy atom. The summed E-state index contributed by atoms with van der Waals surface area (Å²) >= 11 is 0. The first kappa shape index (κ1) is 14.6. The molecule has 0 fully saturated rings. The quantitative estimate of drug-likeness (QED) is 0.546. The van der Waals surface area contributed by atoms with Gasteiger partial charge in [0.2, 0.25) is 0 Å². The fourth-order valence-electron chi connectivity index (χ4n) is 1.65. The van der Waals surface area contributed by atoms with Gasteiger partial charge in [-0.2, -0.15) is 0 Å². The molecule has 0 radical (unpaired) electrons. The summed E-state index contributed by atoms with van der Waals surface area (Å²) in [4.78, 5) is 0. The molecule has 0 aromatic heterocycles. The van der Waals surface area contributed by atoms with E-state index in [1.807, 2.05) is 6.08 Å². The van der Waals surface area contributed by atoms with Crippen LogP contribution in [0.1, 0.15) is 32.6 Å². The summed E-state index contributed by atoms with van der Waals surface area (Å²) < 4.78 is 19.1. The molecule has 18 heavy (non-hydrogen) atoms. The van der Waals surface area contributed by atoms with Crippen LogP contribution >= 0.6 is 0 Å². The van der Waals surface area contributed by atoms with Crippen LogP contribution in [-0.4, -0.2) is 13.7 Å². The topological polar surface area (TPSA) is 21.3 Å². The van der Waals surface area contributed by atoms with Crippen LogP contribution in [0.25, 0.3) is 0 Å². The summed E-state index contributed by atoms with van der Waals surface area (Å²) in [5, 5.41) is 2.79. The Morgan fingerprint density at radius 2 is 2.11 bits per heavy atom. The van der Waals surface area contributed by atoms with Gasteiger partial charge < -0.3 is 10.1 Å². The van der Waals surface area contributed by atoms with E-state index in [-0.39, 0.29) is 5.82 Å². The highest BCUT2D eigenvalue weighted by Gasteiger charge is 2.06. The number of rotatable bonds is 8. The van der Waals surface area contributed by atoms with Crippen LogP contribution in [0.15, 0.2) is 30.4 Å². The van der Waals surface area contributed by atoms with Gasteiger partial charge in [-0.15, -0.1) is 0 Å². The smallest absolute Gasteiger partial charge is 0.188 e. The van der Waals surface area contributed by atoms with Crippen LogP contribution in [0, 0.1) is 5.82 Å². The molecule has 0 bridgehead atoms. The van der Waals surface area contributed by atoms with Crippen molar-refractivity contribution in [3.8, 4) is 5.75 Å². The lowest BCUT2D eigenvalue weighted by Crippen LogP contribution is -1.99. The van der Waals surface area contributed by atoms with E-state index in [4.69, 9.17) is 4.74 Å². The number of hydrogen-bond donors (Lipinski definition) is 1. The van der Waals surface area contributed by atoms with Gasteiger partial charge in [-0.25, -0.2) is 4.39 Å². The Balaban J connectivity index is 2.35. The van der Waals surface area contributed by atoms with Crippen molar-refractivity contribution in [3.05, 3.63) is 36.2 Å². The van der Waals surface area contributed by atoms with E-state index in [9.17, 15) is 4.39 Å². The molecule has 0 aliphatic heterocycles. The van der Waals surface area contributed by atoms with E-state index < -0.39 is 0 Å². The number of unbranched alkanes of at least 4 members (excludes halogenated alkanes) is 3. The van der Waals surface area contributed by atoms with Crippen LogP contribution in [0.2, 0.25) is 0 Å². The number of allylic oxidation sites excluding steroid dienone is 1. The molecule has 1 aromatic carbocycles. The molecule has 0 heterocycles. The summed E-state index contributed by atoms with van der Waals surface area (Å²) in [5.41, 5.74) is 0.458. The lowest BCUT2D eigenvalue weighted by atomic mass is 10.2. The first-order valence-corrected chi connectivity index (χ1v) is 6.53. The zero-order valence-corrected chi connectivity index (χ0v) is 11.2. The molecule has 2 nitrogen and oxygen atoms in total. The summed E-state index contributed by atoms with van der Waals surface area (Å²) in [7, 11) is 1.69. The predicted octanol–water partition coefficient (Wildman–Crippen LogP) is 4.38. The fourth-order valence-corrected chi connectivity index (χ4v) is 1.65. The van der Waals surface area contributed by atoms with Gasteiger partial charge >= 0.3 is 0 Å². The Hall–Kier alpha value is -1.51. The minimum atomic E-state index is -0.334. The lowest BCUT2D eigenvalue weighted by Gasteiger charge is -2.08. The molecule has 0 atom stereocenters. The Kier molecular flexibility index (Phi) is 6.92. The highest BCUT2D eigenvalue weighted by Crippen LogP contribution is 2.23. The van der Waals surface area contributed by atoms with Gasteiger partial charge in [0.25, 0.3) is 0 Å². The van der Waals surface area contributed by atoms with Gasteiger partial charge in [0.1, 0.15) is 6.61 Å². The first-order chi connectivity index (χ1) is 8.79. The molecule has 0 saturated heterocycles. The van der Waals surface area contributed by atoms with Crippen LogP contribution < -0.4 is 10.1 Å². The van der Waals surface area contributed by atoms with Crippen molar-refractivity contribution >= 4 is 5.69 Å². The van der Waals surface area contributed by atoms with Crippen molar-refractivity contribution in [2.45, 2.75) is 32.6 Å². The predicted molar refractivity (Wildman–Crippen MR) is 74.7 cm³/mol. The maximum atomic E-state index is 13.7. The van der Waals surface area contributed by atoms with E-state index in [2.05, 4.69) is 18.3 Å². The number of ether oxygens (including phenoxy) is 1. The van der Waals surface area contributed by atoms with E-state index in [0.717, 1.165) is 6.42 Å². The minimum absolute atomic E-state index is 0.292. The molecule has 0 unspecified atom stereocenters. The van der Waals surface area contributed by atoms with Gasteiger partial charge in [-0.3, -0.25) is 0 Å². The van der Waals surface area contributed by atoms with E-state index in [0.29, 0.717) is 18.0 Å². The maximum absolute atomic E-state index is 13.7. The second-order valence-electron chi connectivity index (χ2n) is 4.15. The highest BCUT2D eigenvalue weighted by atomic mass is 19.1. The summed E-state index contributed by atoms with van der Waals surface area (Å²) in [6, 6.07) is 5.10. The van der Waals surface area contributed by atoms with Crippen molar-refractivity contribution in [1.82, 2.24) is 0 Å². The third kappa shape index (κ3) is 4.78. The third-order valence-corrected chi connectivity index (χ3v) is 2.71.